The molecule has 0 bridgehead atoms. The van der Waals surface area contributed by atoms with Crippen molar-refractivity contribution >= 4 is 29.6 Å². The minimum Gasteiger partial charge on any atom is -0.394 e. The van der Waals surface area contributed by atoms with Crippen molar-refractivity contribution in [3.63, 3.8) is 0 Å². The topological polar surface area (TPSA) is 83.2 Å². The molecule has 6 nitrogen and oxygen atoms in total. The van der Waals surface area contributed by atoms with E-state index in [0.29, 0.717) is 32.8 Å². The van der Waals surface area contributed by atoms with Gasteiger partial charge in [-0.2, -0.15) is 0 Å². The molecule has 1 heterocycles. The molecule has 1 saturated heterocycles. The number of aliphatic hydroxyl groups excluding tert-OH is 1. The van der Waals surface area contributed by atoms with Gasteiger partial charge in [-0.3, -0.25) is 0 Å². The molecule has 0 aromatic heterocycles. The number of nitrogens with two attached hydrogens (primary N) is 1. The Bertz CT molecular complexity index is 995. The maximum Gasteiger partial charge on any atom is 0.115 e. The van der Waals surface area contributed by atoms with Crippen LogP contribution in [0.1, 0.15) is 29.5 Å². The van der Waals surface area contributed by atoms with Crippen molar-refractivity contribution in [1.82, 2.24) is 0 Å². The number of aliphatic hydroxyl groups is 1. The summed E-state index contributed by atoms with van der Waals surface area (Å²) in [5, 5.41) is 10.3. The van der Waals surface area contributed by atoms with E-state index in [1.807, 2.05) is 91.0 Å². The van der Waals surface area contributed by atoms with Crippen LogP contribution < -0.4 is 5.73 Å². The summed E-state index contributed by atoms with van der Waals surface area (Å²) < 4.78 is 25.8. The molecule has 1 fully saturated rings. The molecule has 1 aliphatic heterocycles. The number of hydrogen-bond donors (Lipinski definition) is 2. The Balaban J connectivity index is 0.00000380. The molecule has 5 unspecified atom stereocenters. The molecule has 0 amide bonds. The van der Waals surface area contributed by atoms with Gasteiger partial charge >= 0.3 is 0 Å². The standard InChI is InChI=1S/C30H37NO5.Na/c31-18-10-17-26-28(33-20-23-11-4-1-5-12-23)30(35-22-25-15-8-3-9-16-25)29(27(19-32)36-26)34-21-24-13-6-2-7-14-24;/h1-9,11-16,26-30,32H,10,17-22,31H2;. The number of hydrogen-bond acceptors (Lipinski definition) is 6. The molecular formula is C30H37NNaO5. The van der Waals surface area contributed by atoms with Crippen molar-refractivity contribution in [1.29, 1.82) is 0 Å². The fourth-order valence-corrected chi connectivity index (χ4v) is 4.58. The van der Waals surface area contributed by atoms with Gasteiger partial charge < -0.3 is 29.8 Å². The van der Waals surface area contributed by atoms with E-state index in [1.54, 1.807) is 0 Å². The van der Waals surface area contributed by atoms with Gasteiger partial charge in [0.1, 0.15) is 24.4 Å². The fraction of sp³-hybridized carbons (Fsp3) is 0.400. The van der Waals surface area contributed by atoms with Gasteiger partial charge in [0.2, 0.25) is 0 Å². The summed E-state index contributed by atoms with van der Waals surface area (Å²) in [6, 6.07) is 30.1. The van der Waals surface area contributed by atoms with Crippen LogP contribution in [0.2, 0.25) is 0 Å². The van der Waals surface area contributed by atoms with Crippen molar-refractivity contribution < 1.29 is 24.1 Å². The van der Waals surface area contributed by atoms with Crippen LogP contribution in [-0.4, -0.2) is 78.3 Å². The first-order valence-electron chi connectivity index (χ1n) is 12.7. The smallest absolute Gasteiger partial charge is 0.115 e. The molecular weight excluding hydrogens is 477 g/mol. The predicted molar refractivity (Wildman–Crippen MR) is 145 cm³/mol. The van der Waals surface area contributed by atoms with E-state index >= 15 is 0 Å². The van der Waals surface area contributed by atoms with E-state index in [-0.39, 0.29) is 48.4 Å². The molecule has 5 atom stereocenters. The molecule has 0 aliphatic carbocycles. The van der Waals surface area contributed by atoms with Crippen LogP contribution in [-0.2, 0) is 38.8 Å². The second kappa shape index (κ2) is 16.4. The zero-order valence-electron chi connectivity index (χ0n) is 21.7. The zero-order valence-corrected chi connectivity index (χ0v) is 23.7. The van der Waals surface area contributed by atoms with Gasteiger partial charge in [0.05, 0.1) is 32.5 Å². The minimum atomic E-state index is -0.533. The van der Waals surface area contributed by atoms with Gasteiger partial charge in [-0.15, -0.1) is 0 Å². The molecule has 0 saturated carbocycles. The molecule has 3 N–H and O–H groups in total. The van der Waals surface area contributed by atoms with Crippen LogP contribution in [0.25, 0.3) is 0 Å². The molecule has 0 spiro atoms. The van der Waals surface area contributed by atoms with Crippen molar-refractivity contribution in [3.8, 4) is 0 Å². The summed E-state index contributed by atoms with van der Waals surface area (Å²) in [6.45, 7) is 1.60. The zero-order chi connectivity index (χ0) is 25.0. The molecule has 3 aromatic rings. The van der Waals surface area contributed by atoms with Crippen molar-refractivity contribution in [2.45, 2.75) is 63.2 Å². The Morgan fingerprint density at radius 3 is 1.43 bits per heavy atom. The van der Waals surface area contributed by atoms with Crippen LogP contribution in [0.4, 0.5) is 0 Å². The molecule has 1 radical (unpaired) electrons. The number of ether oxygens (including phenoxy) is 4. The van der Waals surface area contributed by atoms with Gasteiger partial charge in [-0.25, -0.2) is 0 Å². The van der Waals surface area contributed by atoms with Crippen molar-refractivity contribution in [3.05, 3.63) is 108 Å². The maximum absolute atomic E-state index is 10.3. The monoisotopic (exact) mass is 514 g/mol. The molecule has 4 rings (SSSR count). The van der Waals surface area contributed by atoms with Gasteiger partial charge in [-0.05, 0) is 36.1 Å². The summed E-state index contributed by atoms with van der Waals surface area (Å²) in [5.41, 5.74) is 9.01. The van der Waals surface area contributed by atoms with E-state index in [4.69, 9.17) is 24.7 Å². The van der Waals surface area contributed by atoms with E-state index in [2.05, 4.69) is 0 Å². The normalized spacial score (nSPS) is 23.4. The number of rotatable bonds is 13. The van der Waals surface area contributed by atoms with Crippen LogP contribution in [0.15, 0.2) is 91.0 Å². The quantitative estimate of drug-likeness (QED) is 0.337. The van der Waals surface area contributed by atoms with Crippen LogP contribution in [0.3, 0.4) is 0 Å². The van der Waals surface area contributed by atoms with E-state index in [0.717, 1.165) is 23.1 Å². The Morgan fingerprint density at radius 1 is 0.622 bits per heavy atom. The average molecular weight is 515 g/mol. The third kappa shape index (κ3) is 8.99. The van der Waals surface area contributed by atoms with E-state index in [9.17, 15) is 5.11 Å². The van der Waals surface area contributed by atoms with E-state index < -0.39 is 18.3 Å². The van der Waals surface area contributed by atoms with Crippen LogP contribution in [0, 0.1) is 0 Å². The Labute approximate surface area is 242 Å². The Morgan fingerprint density at radius 2 is 1.03 bits per heavy atom. The van der Waals surface area contributed by atoms with Gasteiger partial charge in [0.15, 0.2) is 0 Å². The Hall–Kier alpha value is -1.58. The molecule has 7 heteroatoms. The largest absolute Gasteiger partial charge is 0.394 e. The molecule has 3 aromatic carbocycles. The average Bonchev–Trinajstić information content (AvgIpc) is 2.94. The summed E-state index contributed by atoms with van der Waals surface area (Å²) in [7, 11) is 0. The second-order valence-corrected chi connectivity index (χ2v) is 9.11. The Kier molecular flexibility index (Phi) is 13.3. The second-order valence-electron chi connectivity index (χ2n) is 9.11. The maximum atomic E-state index is 10.3. The third-order valence-corrected chi connectivity index (χ3v) is 6.46. The van der Waals surface area contributed by atoms with Crippen LogP contribution >= 0.6 is 0 Å². The SMILES string of the molecule is NCCCC1OC(CO)C(OCc2ccccc2)C(OCc2ccccc2)C1OCc1ccccc1.[Na]. The van der Waals surface area contributed by atoms with Gasteiger partial charge in [0, 0.05) is 29.6 Å². The van der Waals surface area contributed by atoms with E-state index in [1.165, 1.54) is 0 Å². The first-order valence-corrected chi connectivity index (χ1v) is 12.7. The molecule has 193 valence electrons. The number of benzene rings is 3. The summed E-state index contributed by atoms with van der Waals surface area (Å²) >= 11 is 0. The predicted octanol–water partition coefficient (Wildman–Crippen LogP) is 3.86. The van der Waals surface area contributed by atoms with Gasteiger partial charge in [0.25, 0.3) is 0 Å². The first-order chi connectivity index (χ1) is 17.8. The third-order valence-electron chi connectivity index (χ3n) is 6.46. The van der Waals surface area contributed by atoms with Gasteiger partial charge in [-0.1, -0.05) is 91.0 Å². The summed E-state index contributed by atoms with van der Waals surface area (Å²) in [6.07, 6.45) is -0.636. The minimum absolute atomic E-state index is 0. The van der Waals surface area contributed by atoms with Crippen molar-refractivity contribution in [2.75, 3.05) is 13.2 Å². The van der Waals surface area contributed by atoms with Crippen LogP contribution in [0.5, 0.6) is 0 Å². The summed E-state index contributed by atoms with van der Waals surface area (Å²) in [4.78, 5) is 0. The molecule has 1 aliphatic rings. The fourth-order valence-electron chi connectivity index (χ4n) is 4.58. The van der Waals surface area contributed by atoms with Crippen molar-refractivity contribution in [2.24, 2.45) is 5.73 Å². The first kappa shape index (κ1) is 30.0. The molecule has 37 heavy (non-hydrogen) atoms. The summed E-state index contributed by atoms with van der Waals surface area (Å²) in [5.74, 6) is 0.